The number of benzene rings is 2. The molecule has 3 aromatic heterocycles. The average molecular weight is 505 g/mol. The van der Waals surface area contributed by atoms with Crippen molar-refractivity contribution in [2.45, 2.75) is 32.0 Å². The minimum absolute atomic E-state index is 0.324. The van der Waals surface area contributed by atoms with Crippen molar-refractivity contribution >= 4 is 40.1 Å². The van der Waals surface area contributed by atoms with E-state index in [-0.39, 0.29) is 5.97 Å². The molecule has 0 amide bonds. The predicted octanol–water partition coefficient (Wildman–Crippen LogP) is 5.59. The van der Waals surface area contributed by atoms with Gasteiger partial charge in [0.15, 0.2) is 5.16 Å². The number of hydrogen-bond acceptors (Lipinski definition) is 8. The quantitative estimate of drug-likeness (QED) is 0.217. The largest absolute Gasteiger partial charge is 0.465 e. The first kappa shape index (κ1) is 23.3. The lowest BCUT2D eigenvalue weighted by molar-refractivity contribution is 0.0608. The molecule has 10 heteroatoms. The first-order valence-corrected chi connectivity index (χ1v) is 13.0. The van der Waals surface area contributed by atoms with Gasteiger partial charge in [0.05, 0.1) is 19.2 Å². The van der Waals surface area contributed by atoms with Crippen molar-refractivity contribution in [2.75, 3.05) is 12.9 Å². The van der Waals surface area contributed by atoms with Crippen LogP contribution in [0.4, 0.5) is 0 Å². The third kappa shape index (κ3) is 4.46. The average Bonchev–Trinajstić information content (AvgIpc) is 3.61. The maximum Gasteiger partial charge on any atom is 0.350 e. The van der Waals surface area contributed by atoms with Crippen LogP contribution in [0.1, 0.15) is 33.5 Å². The summed E-state index contributed by atoms with van der Waals surface area (Å²) in [7, 11) is 1.42. The van der Waals surface area contributed by atoms with Gasteiger partial charge in [0, 0.05) is 16.2 Å². The van der Waals surface area contributed by atoms with Crippen LogP contribution in [-0.4, -0.2) is 49.0 Å². The van der Waals surface area contributed by atoms with Crippen LogP contribution < -0.4 is 0 Å². The molecule has 0 fully saturated rings. The number of aromatic amines is 1. The number of aromatic nitrogens is 6. The number of carbonyl (C=O) groups is 1. The Labute approximate surface area is 210 Å². The standard InChI is InChI=1S/C25H24N6O2S2/c1-4-13-34-25-26-20-15(2)35-22(24(32)33-3)21(20)31(25)14-16-9-11-17(12-10-16)18-7-5-6-8-19(18)23-27-29-30-28-23/h5-12H,4,13-14H2,1-3H3,(H,27,28,29,30). The van der Waals surface area contributed by atoms with Gasteiger partial charge in [-0.3, -0.25) is 0 Å². The second-order valence-electron chi connectivity index (χ2n) is 7.98. The van der Waals surface area contributed by atoms with Crippen LogP contribution in [-0.2, 0) is 11.3 Å². The fourth-order valence-corrected chi connectivity index (χ4v) is 5.89. The number of fused-ring (bicyclic) bond motifs is 1. The smallest absolute Gasteiger partial charge is 0.350 e. The number of nitrogens with one attached hydrogen (secondary N) is 1. The van der Waals surface area contributed by atoms with Crippen molar-refractivity contribution < 1.29 is 9.53 Å². The summed E-state index contributed by atoms with van der Waals surface area (Å²) in [5.41, 5.74) is 5.85. The fraction of sp³-hybridized carbons (Fsp3) is 0.240. The number of methoxy groups -OCH3 is 1. The van der Waals surface area contributed by atoms with Gasteiger partial charge >= 0.3 is 5.97 Å². The molecule has 178 valence electrons. The van der Waals surface area contributed by atoms with Gasteiger partial charge in [0.2, 0.25) is 5.82 Å². The molecule has 0 aliphatic rings. The molecule has 0 spiro atoms. The van der Waals surface area contributed by atoms with Crippen LogP contribution in [0.3, 0.4) is 0 Å². The summed E-state index contributed by atoms with van der Waals surface area (Å²) >= 11 is 3.15. The number of H-pyrrole nitrogens is 1. The van der Waals surface area contributed by atoms with Crippen molar-refractivity contribution in [3.8, 4) is 22.5 Å². The number of imidazole rings is 1. The molecular formula is C25H24N6O2S2. The summed E-state index contributed by atoms with van der Waals surface area (Å²) < 4.78 is 7.21. The van der Waals surface area contributed by atoms with Gasteiger partial charge in [-0.1, -0.05) is 67.2 Å². The monoisotopic (exact) mass is 504 g/mol. The molecule has 0 aliphatic carbocycles. The molecule has 0 atom stereocenters. The fourth-order valence-electron chi connectivity index (χ4n) is 4.02. The second-order valence-corrected chi connectivity index (χ2v) is 10.3. The minimum atomic E-state index is -0.324. The van der Waals surface area contributed by atoms with Crippen molar-refractivity contribution in [3.05, 3.63) is 63.8 Å². The SMILES string of the molecule is CCCSc1nc2c(C)sc(C(=O)OC)c2n1Cc1ccc(-c2ccccc2-c2nn[nH]n2)cc1. The van der Waals surface area contributed by atoms with Crippen molar-refractivity contribution in [1.82, 2.24) is 30.2 Å². The molecule has 1 N–H and O–H groups in total. The summed E-state index contributed by atoms with van der Waals surface area (Å²) in [4.78, 5) is 19.0. The Bertz CT molecular complexity index is 1470. The van der Waals surface area contributed by atoms with Gasteiger partial charge in [-0.2, -0.15) is 5.21 Å². The summed E-state index contributed by atoms with van der Waals surface area (Å²) in [5, 5.41) is 15.4. The zero-order valence-electron chi connectivity index (χ0n) is 19.6. The third-order valence-electron chi connectivity index (χ3n) is 5.66. The first-order valence-electron chi connectivity index (χ1n) is 11.2. The highest BCUT2D eigenvalue weighted by Crippen LogP contribution is 2.36. The zero-order chi connectivity index (χ0) is 24.4. The lowest BCUT2D eigenvalue weighted by atomic mass is 9.98. The molecular weight excluding hydrogens is 480 g/mol. The van der Waals surface area contributed by atoms with Crippen LogP contribution in [0.25, 0.3) is 33.5 Å². The maximum absolute atomic E-state index is 12.5. The third-order valence-corrected chi connectivity index (χ3v) is 7.91. The van der Waals surface area contributed by atoms with Gasteiger partial charge in [-0.05, 0) is 35.2 Å². The Kier molecular flexibility index (Phi) is 6.65. The second kappa shape index (κ2) is 10.0. The number of rotatable bonds is 8. The highest BCUT2D eigenvalue weighted by molar-refractivity contribution is 7.99. The van der Waals surface area contributed by atoms with E-state index in [0.29, 0.717) is 17.2 Å². The van der Waals surface area contributed by atoms with Crippen molar-refractivity contribution in [2.24, 2.45) is 0 Å². The molecule has 5 aromatic rings. The van der Waals surface area contributed by atoms with Crippen LogP contribution in [0.5, 0.6) is 0 Å². The summed E-state index contributed by atoms with van der Waals surface area (Å²) in [6, 6.07) is 16.4. The van der Waals surface area contributed by atoms with Gasteiger partial charge in [-0.15, -0.1) is 21.5 Å². The number of thioether (sulfide) groups is 1. The summed E-state index contributed by atoms with van der Waals surface area (Å²) in [6.07, 6.45) is 1.04. The number of carbonyl (C=O) groups excluding carboxylic acids is 1. The van der Waals surface area contributed by atoms with Gasteiger partial charge in [0.25, 0.3) is 0 Å². The molecule has 2 aromatic carbocycles. The molecule has 0 saturated carbocycles. The molecule has 5 rings (SSSR count). The number of esters is 1. The molecule has 0 bridgehead atoms. The molecule has 0 aliphatic heterocycles. The molecule has 8 nitrogen and oxygen atoms in total. The van der Waals surface area contributed by atoms with E-state index in [1.807, 2.05) is 25.1 Å². The van der Waals surface area contributed by atoms with Crippen LogP contribution in [0.2, 0.25) is 0 Å². The van der Waals surface area contributed by atoms with E-state index in [4.69, 9.17) is 9.72 Å². The first-order chi connectivity index (χ1) is 17.1. The molecule has 3 heterocycles. The Morgan fingerprint density at radius 1 is 1.14 bits per heavy atom. The van der Waals surface area contributed by atoms with E-state index in [2.05, 4.69) is 62.4 Å². The molecule has 0 radical (unpaired) electrons. The summed E-state index contributed by atoms with van der Waals surface area (Å²) in [5.74, 6) is 1.20. The Hall–Kier alpha value is -3.50. The van der Waals surface area contributed by atoms with E-state index >= 15 is 0 Å². The zero-order valence-corrected chi connectivity index (χ0v) is 21.2. The van der Waals surface area contributed by atoms with E-state index in [0.717, 1.165) is 55.5 Å². The Balaban J connectivity index is 1.52. The number of thiophene rings is 1. The molecule has 0 saturated heterocycles. The van der Waals surface area contributed by atoms with E-state index in [1.165, 1.54) is 18.4 Å². The maximum atomic E-state index is 12.5. The van der Waals surface area contributed by atoms with Crippen LogP contribution >= 0.6 is 23.1 Å². The van der Waals surface area contributed by atoms with Gasteiger partial charge in [-0.25, -0.2) is 9.78 Å². The number of aryl methyl sites for hydroxylation is 1. The summed E-state index contributed by atoms with van der Waals surface area (Å²) in [6.45, 7) is 4.76. The van der Waals surface area contributed by atoms with Crippen LogP contribution in [0, 0.1) is 6.92 Å². The van der Waals surface area contributed by atoms with Crippen molar-refractivity contribution in [1.29, 1.82) is 0 Å². The normalized spacial score (nSPS) is 11.3. The number of ether oxygens (including phenoxy) is 1. The Morgan fingerprint density at radius 3 is 2.60 bits per heavy atom. The lowest BCUT2D eigenvalue weighted by Gasteiger charge is -2.11. The van der Waals surface area contributed by atoms with Crippen molar-refractivity contribution in [3.63, 3.8) is 0 Å². The number of hydrogen-bond donors (Lipinski definition) is 1. The van der Waals surface area contributed by atoms with Gasteiger partial charge in [0.1, 0.15) is 10.4 Å². The lowest BCUT2D eigenvalue weighted by Crippen LogP contribution is -2.06. The topological polar surface area (TPSA) is 98.6 Å². The minimum Gasteiger partial charge on any atom is -0.465 e. The highest BCUT2D eigenvalue weighted by Gasteiger charge is 2.24. The van der Waals surface area contributed by atoms with Crippen LogP contribution in [0.15, 0.2) is 53.7 Å². The molecule has 35 heavy (non-hydrogen) atoms. The molecule has 0 unspecified atom stereocenters. The number of nitrogens with zero attached hydrogens (tertiary/aromatic N) is 5. The van der Waals surface area contributed by atoms with E-state index < -0.39 is 0 Å². The predicted molar refractivity (Wildman–Crippen MR) is 139 cm³/mol. The van der Waals surface area contributed by atoms with Gasteiger partial charge < -0.3 is 9.30 Å². The van der Waals surface area contributed by atoms with E-state index in [1.54, 1.807) is 11.8 Å². The number of tetrazole rings is 1. The van der Waals surface area contributed by atoms with E-state index in [9.17, 15) is 4.79 Å². The Morgan fingerprint density at radius 2 is 1.91 bits per heavy atom. The highest BCUT2D eigenvalue weighted by atomic mass is 32.2.